The Balaban J connectivity index is 1.94. The van der Waals surface area contributed by atoms with Crippen molar-refractivity contribution in [2.75, 3.05) is 18.2 Å². The lowest BCUT2D eigenvalue weighted by Gasteiger charge is -2.08. The predicted molar refractivity (Wildman–Crippen MR) is 108 cm³/mol. The first kappa shape index (κ1) is 21.8. The summed E-state index contributed by atoms with van der Waals surface area (Å²) < 4.78 is 5.02. The number of carbonyl (C=O) groups is 3. The Kier molecular flexibility index (Phi) is 7.95. The van der Waals surface area contributed by atoms with Gasteiger partial charge in [0.15, 0.2) is 23.2 Å². The molecule has 0 radical (unpaired) electrons. The summed E-state index contributed by atoms with van der Waals surface area (Å²) in [6.45, 7) is 3.46. The Morgan fingerprint density at radius 2 is 1.89 bits per heavy atom. The summed E-state index contributed by atoms with van der Waals surface area (Å²) in [5, 5.41) is 3.19. The average molecular weight is 422 g/mol. The number of halogens is 1. The Morgan fingerprint density at radius 3 is 2.50 bits per heavy atom. The number of anilines is 1. The Labute approximate surface area is 172 Å². The standard InChI is InChI=1S/C19H20ClN3O4S/c1-11(2)8-16(25)22-13-6-4-12(5-7-13)15(24)10-27-18(26)17-14(20)9-21-19(23-17)28-3/h4-7,9,11H,8,10H2,1-3H3,(H,22,25). The molecule has 0 spiro atoms. The molecular formula is C19H20ClN3O4S. The molecule has 0 aliphatic rings. The molecule has 2 aromatic rings. The van der Waals surface area contributed by atoms with Crippen molar-refractivity contribution in [2.24, 2.45) is 5.92 Å². The normalized spacial score (nSPS) is 10.6. The number of ether oxygens (including phenoxy) is 1. The number of carbonyl (C=O) groups excluding carboxylic acids is 3. The summed E-state index contributed by atoms with van der Waals surface area (Å²) in [7, 11) is 0. The van der Waals surface area contributed by atoms with Crippen molar-refractivity contribution < 1.29 is 19.1 Å². The van der Waals surface area contributed by atoms with Crippen LogP contribution in [0.4, 0.5) is 5.69 Å². The van der Waals surface area contributed by atoms with Gasteiger partial charge in [-0.1, -0.05) is 37.2 Å². The fourth-order valence-corrected chi connectivity index (χ4v) is 2.71. The second-order valence-electron chi connectivity index (χ2n) is 6.28. The van der Waals surface area contributed by atoms with E-state index in [1.807, 2.05) is 13.8 Å². The topological polar surface area (TPSA) is 98.2 Å². The molecule has 0 unspecified atom stereocenters. The van der Waals surface area contributed by atoms with Gasteiger partial charge in [0.1, 0.15) is 0 Å². The van der Waals surface area contributed by atoms with Crippen LogP contribution < -0.4 is 5.32 Å². The van der Waals surface area contributed by atoms with Gasteiger partial charge in [-0.05, 0) is 36.4 Å². The van der Waals surface area contributed by atoms with Gasteiger partial charge < -0.3 is 10.1 Å². The van der Waals surface area contributed by atoms with Gasteiger partial charge in [-0.25, -0.2) is 14.8 Å². The maximum atomic E-state index is 12.2. The summed E-state index contributed by atoms with van der Waals surface area (Å²) in [4.78, 5) is 44.1. The number of aromatic nitrogens is 2. The number of esters is 1. The zero-order valence-electron chi connectivity index (χ0n) is 15.7. The van der Waals surface area contributed by atoms with Crippen LogP contribution in [0, 0.1) is 5.92 Å². The van der Waals surface area contributed by atoms with E-state index in [4.69, 9.17) is 16.3 Å². The molecule has 1 amide bonds. The maximum absolute atomic E-state index is 12.2. The van der Waals surface area contributed by atoms with E-state index < -0.39 is 12.6 Å². The van der Waals surface area contributed by atoms with Crippen LogP contribution in [0.5, 0.6) is 0 Å². The quantitative estimate of drug-likeness (QED) is 0.299. The second-order valence-corrected chi connectivity index (χ2v) is 7.46. The zero-order chi connectivity index (χ0) is 20.7. The van der Waals surface area contributed by atoms with Crippen molar-refractivity contribution in [3.05, 3.63) is 46.7 Å². The zero-order valence-corrected chi connectivity index (χ0v) is 17.3. The van der Waals surface area contributed by atoms with Crippen molar-refractivity contribution >= 4 is 46.7 Å². The lowest BCUT2D eigenvalue weighted by molar-refractivity contribution is -0.116. The summed E-state index contributed by atoms with van der Waals surface area (Å²) >= 11 is 7.17. The van der Waals surface area contributed by atoms with E-state index in [0.29, 0.717) is 22.8 Å². The van der Waals surface area contributed by atoms with Crippen LogP contribution in [0.15, 0.2) is 35.6 Å². The molecule has 0 aliphatic heterocycles. The van der Waals surface area contributed by atoms with Gasteiger partial charge in [0, 0.05) is 17.7 Å². The largest absolute Gasteiger partial charge is 0.453 e. The minimum absolute atomic E-state index is 0.0525. The summed E-state index contributed by atoms with van der Waals surface area (Å²) in [6, 6.07) is 6.37. The van der Waals surface area contributed by atoms with E-state index in [1.54, 1.807) is 30.5 Å². The highest BCUT2D eigenvalue weighted by molar-refractivity contribution is 7.98. The lowest BCUT2D eigenvalue weighted by atomic mass is 10.1. The summed E-state index contributed by atoms with van der Waals surface area (Å²) in [6.07, 6.45) is 3.49. The molecule has 28 heavy (non-hydrogen) atoms. The minimum Gasteiger partial charge on any atom is -0.453 e. The number of hydrogen-bond acceptors (Lipinski definition) is 7. The molecule has 0 aliphatic carbocycles. The Hall–Kier alpha value is -2.45. The Morgan fingerprint density at radius 1 is 1.21 bits per heavy atom. The third-order valence-corrected chi connectivity index (χ3v) is 4.36. The van der Waals surface area contributed by atoms with Crippen molar-refractivity contribution in [3.63, 3.8) is 0 Å². The number of nitrogens with zero attached hydrogens (tertiary/aromatic N) is 2. The number of thioether (sulfide) groups is 1. The highest BCUT2D eigenvalue weighted by atomic mass is 35.5. The van der Waals surface area contributed by atoms with Crippen LogP contribution >= 0.6 is 23.4 Å². The highest BCUT2D eigenvalue weighted by Crippen LogP contribution is 2.18. The van der Waals surface area contributed by atoms with Gasteiger partial charge in [-0.15, -0.1) is 0 Å². The Bertz CT molecular complexity index is 872. The maximum Gasteiger partial charge on any atom is 0.359 e. The van der Waals surface area contributed by atoms with E-state index >= 15 is 0 Å². The van der Waals surface area contributed by atoms with Crippen molar-refractivity contribution in [3.8, 4) is 0 Å². The number of hydrogen-bond donors (Lipinski definition) is 1. The molecule has 148 valence electrons. The number of ketones is 1. The molecule has 0 saturated carbocycles. The molecule has 1 N–H and O–H groups in total. The summed E-state index contributed by atoms with van der Waals surface area (Å²) in [5.41, 5.74) is 0.863. The molecular weight excluding hydrogens is 402 g/mol. The van der Waals surface area contributed by atoms with Gasteiger partial charge in [0.25, 0.3) is 0 Å². The van der Waals surface area contributed by atoms with Crippen LogP contribution in [0.2, 0.25) is 5.02 Å². The molecule has 9 heteroatoms. The van der Waals surface area contributed by atoms with Crippen LogP contribution in [0.3, 0.4) is 0 Å². The molecule has 0 bridgehead atoms. The molecule has 1 aromatic heterocycles. The second kappa shape index (κ2) is 10.2. The predicted octanol–water partition coefficient (Wildman–Crippen LogP) is 3.88. The first-order valence-electron chi connectivity index (χ1n) is 8.47. The average Bonchev–Trinajstić information content (AvgIpc) is 2.66. The third kappa shape index (κ3) is 6.31. The third-order valence-electron chi connectivity index (χ3n) is 3.52. The fourth-order valence-electron chi connectivity index (χ4n) is 2.20. The summed E-state index contributed by atoms with van der Waals surface area (Å²) in [5.74, 6) is -1.02. The SMILES string of the molecule is CSc1ncc(Cl)c(C(=O)OCC(=O)c2ccc(NC(=O)CC(C)C)cc2)n1. The molecule has 0 saturated heterocycles. The molecule has 0 fully saturated rings. The fraction of sp³-hybridized carbons (Fsp3) is 0.316. The van der Waals surface area contributed by atoms with Crippen LogP contribution in [0.25, 0.3) is 0 Å². The van der Waals surface area contributed by atoms with E-state index in [9.17, 15) is 14.4 Å². The first-order chi connectivity index (χ1) is 13.3. The smallest absolute Gasteiger partial charge is 0.359 e. The van der Waals surface area contributed by atoms with Crippen molar-refractivity contribution in [1.82, 2.24) is 9.97 Å². The number of Topliss-reactive ketones (excluding diaryl/α,β-unsaturated/α-hetero) is 1. The van der Waals surface area contributed by atoms with Gasteiger partial charge >= 0.3 is 5.97 Å². The molecule has 7 nitrogen and oxygen atoms in total. The molecule has 2 rings (SSSR count). The van der Waals surface area contributed by atoms with E-state index in [0.717, 1.165) is 0 Å². The van der Waals surface area contributed by atoms with Gasteiger partial charge in [-0.3, -0.25) is 9.59 Å². The van der Waals surface area contributed by atoms with Crippen LogP contribution in [-0.4, -0.2) is 40.5 Å². The van der Waals surface area contributed by atoms with Crippen LogP contribution in [-0.2, 0) is 9.53 Å². The van der Waals surface area contributed by atoms with Gasteiger partial charge in [-0.2, -0.15) is 0 Å². The van der Waals surface area contributed by atoms with E-state index in [1.165, 1.54) is 18.0 Å². The van der Waals surface area contributed by atoms with E-state index in [2.05, 4.69) is 15.3 Å². The number of rotatable bonds is 8. The lowest BCUT2D eigenvalue weighted by Crippen LogP contribution is -2.16. The van der Waals surface area contributed by atoms with Gasteiger partial charge in [0.05, 0.1) is 11.2 Å². The van der Waals surface area contributed by atoms with Crippen molar-refractivity contribution in [2.45, 2.75) is 25.4 Å². The minimum atomic E-state index is -0.798. The highest BCUT2D eigenvalue weighted by Gasteiger charge is 2.18. The van der Waals surface area contributed by atoms with Gasteiger partial charge in [0.2, 0.25) is 5.91 Å². The number of nitrogens with one attached hydrogen (secondary N) is 1. The van der Waals surface area contributed by atoms with Crippen LogP contribution in [0.1, 0.15) is 41.1 Å². The van der Waals surface area contributed by atoms with Crippen molar-refractivity contribution in [1.29, 1.82) is 0 Å². The number of amides is 1. The van der Waals surface area contributed by atoms with E-state index in [-0.39, 0.29) is 28.3 Å². The molecule has 1 heterocycles. The monoisotopic (exact) mass is 421 g/mol. The molecule has 0 atom stereocenters. The molecule has 1 aromatic carbocycles. The number of benzene rings is 1. The first-order valence-corrected chi connectivity index (χ1v) is 10.1.